The molecule has 0 unspecified atom stereocenters. The van der Waals surface area contributed by atoms with E-state index in [4.69, 9.17) is 0 Å². The summed E-state index contributed by atoms with van der Waals surface area (Å²) in [5.41, 5.74) is 2.86. The van der Waals surface area contributed by atoms with Crippen molar-refractivity contribution in [3.63, 3.8) is 0 Å². The van der Waals surface area contributed by atoms with Crippen LogP contribution in [0.4, 0.5) is 0 Å². The molecule has 0 spiro atoms. The first-order valence-electron chi connectivity index (χ1n) is 11.0. The van der Waals surface area contributed by atoms with Gasteiger partial charge in [-0.2, -0.15) is 0 Å². The van der Waals surface area contributed by atoms with Crippen LogP contribution in [0.5, 0.6) is 0 Å². The van der Waals surface area contributed by atoms with Gasteiger partial charge in [-0.1, -0.05) is 19.3 Å². The first-order chi connectivity index (χ1) is 16.9. The maximum Gasteiger partial charge on any atom is 0.335 e. The summed E-state index contributed by atoms with van der Waals surface area (Å²) >= 11 is 0. The third-order valence-corrected chi connectivity index (χ3v) is 5.28. The molecule has 0 amide bonds. The molecule has 8 nitrogen and oxygen atoms in total. The zero-order valence-corrected chi connectivity index (χ0v) is 19.0. The molecule has 0 saturated heterocycles. The Morgan fingerprint density at radius 3 is 2.20 bits per heavy atom. The van der Waals surface area contributed by atoms with Gasteiger partial charge in [0.1, 0.15) is 0 Å². The van der Waals surface area contributed by atoms with E-state index < -0.39 is 11.9 Å². The summed E-state index contributed by atoms with van der Waals surface area (Å²) in [6, 6.07) is 12.9. The van der Waals surface area contributed by atoms with Gasteiger partial charge in [0, 0.05) is 30.7 Å². The Hall–Kier alpha value is -4.77. The smallest absolute Gasteiger partial charge is 0.335 e. The Labute approximate surface area is 202 Å². The Bertz CT molecular complexity index is 1460. The molecule has 4 aromatic heterocycles. The van der Waals surface area contributed by atoms with Gasteiger partial charge >= 0.3 is 11.9 Å². The average molecular weight is 466 g/mol. The van der Waals surface area contributed by atoms with Crippen molar-refractivity contribution in [2.45, 2.75) is 26.3 Å². The molecular weight excluding hydrogens is 444 g/mol. The lowest BCUT2D eigenvalue weighted by Gasteiger charge is -2.07. The SMILES string of the molecule is CCCCn1cccc1C#Cc1ccnc(-c2cc(C(=O)O)cc(-c3cc(C(=O)O)ccn3)n2)c1. The van der Waals surface area contributed by atoms with E-state index in [9.17, 15) is 19.8 Å². The third-order valence-electron chi connectivity index (χ3n) is 5.28. The highest BCUT2D eigenvalue weighted by molar-refractivity contribution is 5.91. The summed E-state index contributed by atoms with van der Waals surface area (Å²) < 4.78 is 2.11. The highest BCUT2D eigenvalue weighted by Gasteiger charge is 2.14. The number of nitrogens with zero attached hydrogens (tertiary/aromatic N) is 4. The van der Waals surface area contributed by atoms with Crippen LogP contribution in [0.2, 0.25) is 0 Å². The topological polar surface area (TPSA) is 118 Å². The maximum absolute atomic E-state index is 11.8. The quantitative estimate of drug-likeness (QED) is 0.382. The Morgan fingerprint density at radius 1 is 0.857 bits per heavy atom. The Kier molecular flexibility index (Phi) is 6.98. The van der Waals surface area contributed by atoms with Crippen LogP contribution in [-0.4, -0.2) is 41.7 Å². The fourth-order valence-corrected chi connectivity index (χ4v) is 3.46. The van der Waals surface area contributed by atoms with E-state index in [1.54, 1.807) is 18.3 Å². The fourth-order valence-electron chi connectivity index (χ4n) is 3.46. The van der Waals surface area contributed by atoms with Gasteiger partial charge in [0.2, 0.25) is 0 Å². The first kappa shape index (κ1) is 23.4. The number of rotatable bonds is 7. The van der Waals surface area contributed by atoms with E-state index in [-0.39, 0.29) is 22.5 Å². The van der Waals surface area contributed by atoms with E-state index in [1.807, 2.05) is 18.3 Å². The van der Waals surface area contributed by atoms with Gasteiger partial charge in [0.05, 0.1) is 39.6 Å². The van der Waals surface area contributed by atoms with Gasteiger partial charge in [-0.15, -0.1) is 0 Å². The van der Waals surface area contributed by atoms with Gasteiger partial charge in [-0.3, -0.25) is 9.97 Å². The molecule has 0 aliphatic heterocycles. The summed E-state index contributed by atoms with van der Waals surface area (Å²) in [6.45, 7) is 3.05. The lowest BCUT2D eigenvalue weighted by atomic mass is 10.1. The zero-order valence-electron chi connectivity index (χ0n) is 19.0. The minimum Gasteiger partial charge on any atom is -0.478 e. The third kappa shape index (κ3) is 5.60. The lowest BCUT2D eigenvalue weighted by molar-refractivity contribution is 0.0686. The molecule has 0 aliphatic rings. The number of unbranched alkanes of at least 4 members (excludes halogenated alkanes) is 1. The van der Waals surface area contributed by atoms with E-state index in [1.165, 1.54) is 30.5 Å². The van der Waals surface area contributed by atoms with E-state index in [2.05, 4.69) is 38.3 Å². The molecule has 0 fully saturated rings. The molecule has 4 heterocycles. The van der Waals surface area contributed by atoms with E-state index in [0.29, 0.717) is 17.0 Å². The van der Waals surface area contributed by atoms with Gasteiger partial charge in [0.15, 0.2) is 0 Å². The predicted molar refractivity (Wildman–Crippen MR) is 130 cm³/mol. The minimum absolute atomic E-state index is 0.0143. The summed E-state index contributed by atoms with van der Waals surface area (Å²) in [5.74, 6) is 4.07. The van der Waals surface area contributed by atoms with Crippen molar-refractivity contribution in [3.05, 3.63) is 89.5 Å². The molecule has 0 saturated carbocycles. The van der Waals surface area contributed by atoms with Crippen molar-refractivity contribution in [3.8, 4) is 34.6 Å². The maximum atomic E-state index is 11.8. The average Bonchev–Trinajstić information content (AvgIpc) is 3.33. The van der Waals surface area contributed by atoms with Gasteiger partial charge in [-0.25, -0.2) is 14.6 Å². The van der Waals surface area contributed by atoms with Crippen molar-refractivity contribution in [1.82, 2.24) is 19.5 Å². The number of aromatic nitrogens is 4. The molecule has 0 aromatic carbocycles. The Morgan fingerprint density at radius 2 is 1.51 bits per heavy atom. The number of hydrogen-bond donors (Lipinski definition) is 2. The highest BCUT2D eigenvalue weighted by atomic mass is 16.4. The molecule has 35 heavy (non-hydrogen) atoms. The summed E-state index contributed by atoms with van der Waals surface area (Å²) in [6.07, 6.45) is 7.11. The van der Waals surface area contributed by atoms with Crippen molar-refractivity contribution in [1.29, 1.82) is 0 Å². The van der Waals surface area contributed by atoms with Gasteiger partial charge in [-0.05, 0) is 60.9 Å². The molecule has 0 aliphatic carbocycles. The highest BCUT2D eigenvalue weighted by Crippen LogP contribution is 2.24. The number of hydrogen-bond acceptors (Lipinski definition) is 5. The van der Waals surface area contributed by atoms with Crippen molar-refractivity contribution in [2.75, 3.05) is 0 Å². The molecule has 4 rings (SSSR count). The predicted octanol–water partition coefficient (Wildman–Crippen LogP) is 4.60. The Balaban J connectivity index is 1.72. The minimum atomic E-state index is -1.15. The molecule has 174 valence electrons. The van der Waals surface area contributed by atoms with Crippen LogP contribution in [0.3, 0.4) is 0 Å². The molecule has 0 radical (unpaired) electrons. The second-order valence-corrected chi connectivity index (χ2v) is 7.79. The number of pyridine rings is 3. The van der Waals surface area contributed by atoms with Gasteiger partial charge in [0.25, 0.3) is 0 Å². The first-order valence-corrected chi connectivity index (χ1v) is 11.0. The van der Waals surface area contributed by atoms with E-state index >= 15 is 0 Å². The number of aromatic carboxylic acids is 2. The molecule has 0 bridgehead atoms. The second kappa shape index (κ2) is 10.4. The molecule has 4 aromatic rings. The summed E-state index contributed by atoms with van der Waals surface area (Å²) in [5, 5.41) is 18.9. The summed E-state index contributed by atoms with van der Waals surface area (Å²) in [4.78, 5) is 36.1. The van der Waals surface area contributed by atoms with Crippen molar-refractivity contribution in [2.24, 2.45) is 0 Å². The van der Waals surface area contributed by atoms with E-state index in [0.717, 1.165) is 25.1 Å². The van der Waals surface area contributed by atoms with Crippen LogP contribution >= 0.6 is 0 Å². The number of carboxylic acids is 2. The number of carbonyl (C=O) groups is 2. The monoisotopic (exact) mass is 466 g/mol. The number of carboxylic acid groups (broad SMARTS) is 2. The van der Waals surface area contributed by atoms with Crippen LogP contribution in [0.15, 0.2) is 67.1 Å². The van der Waals surface area contributed by atoms with Crippen LogP contribution in [0, 0.1) is 11.8 Å². The number of aryl methyl sites for hydroxylation is 1. The normalized spacial score (nSPS) is 10.4. The van der Waals surface area contributed by atoms with Crippen LogP contribution in [-0.2, 0) is 6.54 Å². The molecule has 8 heteroatoms. The van der Waals surface area contributed by atoms with Crippen molar-refractivity contribution >= 4 is 11.9 Å². The summed E-state index contributed by atoms with van der Waals surface area (Å²) in [7, 11) is 0. The second-order valence-electron chi connectivity index (χ2n) is 7.79. The molecular formula is C27H22N4O4. The van der Waals surface area contributed by atoms with Crippen LogP contribution in [0.25, 0.3) is 22.8 Å². The molecule has 0 atom stereocenters. The lowest BCUT2D eigenvalue weighted by Crippen LogP contribution is -2.02. The largest absolute Gasteiger partial charge is 0.478 e. The van der Waals surface area contributed by atoms with Crippen LogP contribution in [0.1, 0.15) is 51.7 Å². The van der Waals surface area contributed by atoms with Gasteiger partial charge < -0.3 is 14.8 Å². The van der Waals surface area contributed by atoms with Crippen LogP contribution < -0.4 is 0 Å². The fraction of sp³-hybridized carbons (Fsp3) is 0.148. The molecule has 2 N–H and O–H groups in total. The standard InChI is InChI=1S/C27H22N4O4/c1-2-3-12-31-13-4-5-21(31)7-6-18-8-10-28-22(14-18)24-16-20(27(34)35)17-25(30-24)23-15-19(26(32)33)9-11-29-23/h4-5,8-11,13-17H,2-3,12H2,1H3,(H,32,33)(H,34,35). The zero-order chi connectivity index (χ0) is 24.8. The van der Waals surface area contributed by atoms with Crippen molar-refractivity contribution < 1.29 is 19.8 Å².